The smallest absolute Gasteiger partial charge is 0.253 e. The highest BCUT2D eigenvalue weighted by Crippen LogP contribution is 2.22. The number of rotatable bonds is 5. The molecule has 0 fully saturated rings. The number of carbonyl (C=O) groups excluding carboxylic acids is 1. The second-order valence-electron chi connectivity index (χ2n) is 5.42. The molecule has 0 aliphatic carbocycles. The molecule has 1 N–H and O–H groups in total. The lowest BCUT2D eigenvalue weighted by atomic mass is 10.1. The Balaban J connectivity index is 1.63. The molecule has 3 rings (SSSR count). The number of nitrogens with zero attached hydrogens (tertiary/aromatic N) is 2. The van der Waals surface area contributed by atoms with E-state index in [0.717, 1.165) is 10.0 Å². The van der Waals surface area contributed by atoms with Crippen LogP contribution in [0.3, 0.4) is 0 Å². The molecule has 1 atom stereocenters. The molecule has 0 spiro atoms. The summed E-state index contributed by atoms with van der Waals surface area (Å²) in [5.74, 6) is 0.923. The minimum absolute atomic E-state index is 0.116. The summed E-state index contributed by atoms with van der Waals surface area (Å²) in [6.45, 7) is 1.92. The number of carbonyl (C=O) groups is 1. The van der Waals surface area contributed by atoms with Gasteiger partial charge in [0.05, 0.1) is 11.6 Å². The van der Waals surface area contributed by atoms with Gasteiger partial charge in [-0.25, -0.2) is 4.98 Å². The lowest BCUT2D eigenvalue weighted by Crippen LogP contribution is -2.26. The third kappa shape index (κ3) is 4.64. The maximum atomic E-state index is 12.3. The third-order valence-corrected chi connectivity index (χ3v) is 4.12. The van der Waals surface area contributed by atoms with Crippen LogP contribution in [0.4, 0.5) is 0 Å². The minimum atomic E-state index is -0.188. The molecule has 126 valence electrons. The molecule has 2 aromatic heterocycles. The Hall–Kier alpha value is -2.73. The van der Waals surface area contributed by atoms with Crippen molar-refractivity contribution in [1.82, 2.24) is 15.3 Å². The normalized spacial score (nSPS) is 11.6. The number of aromatic nitrogens is 2. The van der Waals surface area contributed by atoms with Gasteiger partial charge in [-0.1, -0.05) is 15.9 Å². The Bertz CT molecular complexity index is 837. The van der Waals surface area contributed by atoms with E-state index >= 15 is 0 Å². The van der Waals surface area contributed by atoms with Crippen LogP contribution in [0, 0.1) is 0 Å². The minimum Gasteiger partial charge on any atom is -0.439 e. The number of benzene rings is 1. The molecule has 0 aliphatic heterocycles. The van der Waals surface area contributed by atoms with Crippen molar-refractivity contribution in [1.29, 1.82) is 0 Å². The molecule has 0 aliphatic rings. The summed E-state index contributed by atoms with van der Waals surface area (Å²) in [5, 5.41) is 2.94. The van der Waals surface area contributed by atoms with Crippen molar-refractivity contribution >= 4 is 21.8 Å². The quantitative estimate of drug-likeness (QED) is 0.686. The molecular weight excluding hydrogens is 382 g/mol. The SMILES string of the molecule is CC(NC(=O)c1ccc(Oc2ccc(Br)cc2)nc1)c1ccncc1. The van der Waals surface area contributed by atoms with Crippen LogP contribution < -0.4 is 10.1 Å². The fourth-order valence-corrected chi connectivity index (χ4v) is 2.48. The van der Waals surface area contributed by atoms with Crippen molar-refractivity contribution in [2.45, 2.75) is 13.0 Å². The number of hydrogen-bond donors (Lipinski definition) is 1. The lowest BCUT2D eigenvalue weighted by Gasteiger charge is -2.14. The average Bonchev–Trinajstić information content (AvgIpc) is 2.65. The average molecular weight is 398 g/mol. The number of pyridine rings is 2. The van der Waals surface area contributed by atoms with E-state index < -0.39 is 0 Å². The Morgan fingerprint density at radius 3 is 2.44 bits per heavy atom. The summed E-state index contributed by atoms with van der Waals surface area (Å²) in [6.07, 6.45) is 4.91. The monoisotopic (exact) mass is 397 g/mol. The van der Waals surface area contributed by atoms with Crippen LogP contribution in [0.15, 0.2) is 71.6 Å². The van der Waals surface area contributed by atoms with E-state index in [4.69, 9.17) is 4.74 Å². The number of nitrogens with one attached hydrogen (secondary N) is 1. The summed E-state index contributed by atoms with van der Waals surface area (Å²) in [4.78, 5) is 20.5. The first kappa shape index (κ1) is 17.1. The zero-order valence-electron chi connectivity index (χ0n) is 13.5. The maximum Gasteiger partial charge on any atom is 0.253 e. The highest BCUT2D eigenvalue weighted by atomic mass is 79.9. The van der Waals surface area contributed by atoms with Gasteiger partial charge in [0.25, 0.3) is 5.91 Å². The van der Waals surface area contributed by atoms with Crippen molar-refractivity contribution < 1.29 is 9.53 Å². The van der Waals surface area contributed by atoms with Gasteiger partial charge in [-0.3, -0.25) is 9.78 Å². The van der Waals surface area contributed by atoms with Crippen molar-refractivity contribution in [3.63, 3.8) is 0 Å². The number of hydrogen-bond acceptors (Lipinski definition) is 4. The zero-order chi connectivity index (χ0) is 17.6. The second kappa shape index (κ2) is 7.90. The molecule has 1 unspecified atom stereocenters. The molecule has 0 saturated carbocycles. The van der Waals surface area contributed by atoms with E-state index in [1.807, 2.05) is 43.3 Å². The van der Waals surface area contributed by atoms with Crippen LogP contribution in [-0.2, 0) is 0 Å². The van der Waals surface area contributed by atoms with E-state index in [1.54, 1.807) is 24.5 Å². The fraction of sp³-hybridized carbons (Fsp3) is 0.105. The first-order valence-electron chi connectivity index (χ1n) is 7.72. The molecule has 25 heavy (non-hydrogen) atoms. The predicted molar refractivity (Wildman–Crippen MR) is 98.6 cm³/mol. The van der Waals surface area contributed by atoms with Gasteiger partial charge in [0, 0.05) is 29.1 Å². The van der Waals surface area contributed by atoms with Crippen molar-refractivity contribution in [2.75, 3.05) is 0 Å². The molecule has 1 aromatic carbocycles. The summed E-state index contributed by atoms with van der Waals surface area (Å²) >= 11 is 3.37. The Morgan fingerprint density at radius 2 is 1.80 bits per heavy atom. The number of ether oxygens (including phenoxy) is 1. The van der Waals surface area contributed by atoms with Gasteiger partial charge in [0.15, 0.2) is 0 Å². The fourth-order valence-electron chi connectivity index (χ4n) is 2.21. The van der Waals surface area contributed by atoms with Crippen molar-refractivity contribution in [3.8, 4) is 11.6 Å². The van der Waals surface area contributed by atoms with E-state index in [1.165, 1.54) is 6.20 Å². The second-order valence-corrected chi connectivity index (χ2v) is 6.33. The highest BCUT2D eigenvalue weighted by molar-refractivity contribution is 9.10. The lowest BCUT2D eigenvalue weighted by molar-refractivity contribution is 0.0939. The predicted octanol–water partition coefficient (Wildman–Crippen LogP) is 4.52. The molecule has 6 heteroatoms. The van der Waals surface area contributed by atoms with Gasteiger partial charge >= 0.3 is 0 Å². The standard InChI is InChI=1S/C19H16BrN3O2/c1-13(14-8-10-21-11-9-14)23-19(24)15-2-7-18(22-12-15)25-17-5-3-16(20)4-6-17/h2-13H,1H3,(H,23,24). The Labute approximate surface area is 154 Å². The molecule has 0 saturated heterocycles. The summed E-state index contributed by atoms with van der Waals surface area (Å²) < 4.78 is 6.62. The van der Waals surface area contributed by atoms with Gasteiger partial charge in [-0.15, -0.1) is 0 Å². The molecule has 5 nitrogen and oxygen atoms in total. The van der Waals surface area contributed by atoms with Crippen LogP contribution in [-0.4, -0.2) is 15.9 Å². The maximum absolute atomic E-state index is 12.3. The van der Waals surface area contributed by atoms with Crippen LogP contribution >= 0.6 is 15.9 Å². The van der Waals surface area contributed by atoms with Gasteiger partial charge in [-0.05, 0) is 55.0 Å². The van der Waals surface area contributed by atoms with E-state index in [2.05, 4.69) is 31.2 Å². The van der Waals surface area contributed by atoms with Gasteiger partial charge < -0.3 is 10.1 Å². The largest absolute Gasteiger partial charge is 0.439 e. The van der Waals surface area contributed by atoms with Gasteiger partial charge in [-0.2, -0.15) is 0 Å². The Kier molecular flexibility index (Phi) is 5.40. The molecule has 3 aromatic rings. The van der Waals surface area contributed by atoms with Crippen molar-refractivity contribution in [2.24, 2.45) is 0 Å². The van der Waals surface area contributed by atoms with Crippen LogP contribution in [0.25, 0.3) is 0 Å². The van der Waals surface area contributed by atoms with Crippen LogP contribution in [0.1, 0.15) is 28.9 Å². The molecule has 0 radical (unpaired) electrons. The molecule has 1 amide bonds. The molecular formula is C19H16BrN3O2. The van der Waals surface area contributed by atoms with Gasteiger partial charge in [0.2, 0.25) is 5.88 Å². The Morgan fingerprint density at radius 1 is 1.08 bits per heavy atom. The summed E-state index contributed by atoms with van der Waals surface area (Å²) in [6, 6.07) is 14.4. The summed E-state index contributed by atoms with van der Waals surface area (Å²) in [7, 11) is 0. The first-order valence-corrected chi connectivity index (χ1v) is 8.51. The summed E-state index contributed by atoms with van der Waals surface area (Å²) in [5.41, 5.74) is 1.47. The van der Waals surface area contributed by atoms with Gasteiger partial charge in [0.1, 0.15) is 5.75 Å². The molecule has 2 heterocycles. The van der Waals surface area contributed by atoms with Crippen LogP contribution in [0.2, 0.25) is 0 Å². The topological polar surface area (TPSA) is 64.1 Å². The van der Waals surface area contributed by atoms with E-state index in [9.17, 15) is 4.79 Å². The third-order valence-electron chi connectivity index (χ3n) is 3.59. The first-order chi connectivity index (χ1) is 12.1. The zero-order valence-corrected chi connectivity index (χ0v) is 15.1. The highest BCUT2D eigenvalue weighted by Gasteiger charge is 2.12. The number of halogens is 1. The van der Waals surface area contributed by atoms with E-state index in [0.29, 0.717) is 17.2 Å². The van der Waals surface area contributed by atoms with Crippen molar-refractivity contribution in [3.05, 3.63) is 82.7 Å². The number of amides is 1. The van der Waals surface area contributed by atoms with Crippen LogP contribution in [0.5, 0.6) is 11.6 Å². The van der Waals surface area contributed by atoms with E-state index in [-0.39, 0.29) is 11.9 Å². The molecule has 0 bridgehead atoms.